The highest BCUT2D eigenvalue weighted by molar-refractivity contribution is 5.93. The number of fused-ring (bicyclic) bond motifs is 1. The van der Waals surface area contributed by atoms with E-state index in [2.05, 4.69) is 20.9 Å². The maximum absolute atomic E-state index is 12.3. The van der Waals surface area contributed by atoms with Crippen molar-refractivity contribution in [3.63, 3.8) is 0 Å². The summed E-state index contributed by atoms with van der Waals surface area (Å²) in [5.74, 6) is -0.631. The lowest BCUT2D eigenvalue weighted by atomic mass is 10.2. The first kappa shape index (κ1) is 16.3. The van der Waals surface area contributed by atoms with Gasteiger partial charge in [0.1, 0.15) is 12.1 Å². The topological polar surface area (TPSA) is 106 Å². The molecule has 2 N–H and O–H groups in total. The van der Waals surface area contributed by atoms with Gasteiger partial charge in [-0.3, -0.25) is 14.4 Å². The van der Waals surface area contributed by atoms with Crippen molar-refractivity contribution in [1.29, 1.82) is 0 Å². The predicted molar refractivity (Wildman–Crippen MR) is 93.2 cm³/mol. The molecule has 1 heterocycles. The van der Waals surface area contributed by atoms with Gasteiger partial charge in [-0.15, -0.1) is 5.10 Å². The molecule has 0 unspecified atom stereocenters. The summed E-state index contributed by atoms with van der Waals surface area (Å²) in [7, 11) is 0. The minimum Gasteiger partial charge on any atom is -0.326 e. The lowest BCUT2D eigenvalue weighted by molar-refractivity contribution is -0.117. The van der Waals surface area contributed by atoms with E-state index in [1.54, 1.807) is 48.5 Å². The SMILES string of the molecule is CC(=O)Nc1cccc(NC(=O)Cn2nnc3ccccc3c2=O)c1. The van der Waals surface area contributed by atoms with Crippen molar-refractivity contribution in [2.24, 2.45) is 0 Å². The molecule has 3 aromatic rings. The molecule has 2 amide bonds. The fourth-order valence-electron chi connectivity index (χ4n) is 2.34. The van der Waals surface area contributed by atoms with E-state index in [1.165, 1.54) is 6.92 Å². The number of rotatable bonds is 4. The third kappa shape index (κ3) is 3.86. The van der Waals surface area contributed by atoms with Crippen molar-refractivity contribution >= 4 is 34.1 Å². The molecular formula is C17H15N5O3. The fourth-order valence-corrected chi connectivity index (χ4v) is 2.34. The molecule has 0 aliphatic rings. The number of amides is 2. The zero-order chi connectivity index (χ0) is 17.8. The lowest BCUT2D eigenvalue weighted by Crippen LogP contribution is -2.30. The molecule has 8 nitrogen and oxygen atoms in total. The van der Waals surface area contributed by atoms with Gasteiger partial charge in [0.05, 0.1) is 5.39 Å². The molecule has 126 valence electrons. The van der Waals surface area contributed by atoms with Crippen molar-refractivity contribution < 1.29 is 9.59 Å². The second kappa shape index (κ2) is 6.91. The Hall–Kier alpha value is -3.55. The van der Waals surface area contributed by atoms with Crippen LogP contribution in [0.2, 0.25) is 0 Å². The summed E-state index contributed by atoms with van der Waals surface area (Å²) in [6.45, 7) is 1.14. The Balaban J connectivity index is 1.76. The van der Waals surface area contributed by atoms with Crippen LogP contribution in [0.1, 0.15) is 6.92 Å². The Morgan fingerprint density at radius 1 is 1.04 bits per heavy atom. The quantitative estimate of drug-likeness (QED) is 0.748. The van der Waals surface area contributed by atoms with Crippen LogP contribution >= 0.6 is 0 Å². The Bertz CT molecular complexity index is 1010. The molecule has 0 aliphatic heterocycles. The van der Waals surface area contributed by atoms with Crippen LogP contribution in [-0.4, -0.2) is 26.8 Å². The summed E-state index contributed by atoms with van der Waals surface area (Å²) in [5.41, 5.74) is 1.16. The Morgan fingerprint density at radius 2 is 1.76 bits per heavy atom. The Labute approximate surface area is 142 Å². The first-order valence-electron chi connectivity index (χ1n) is 7.53. The van der Waals surface area contributed by atoms with Crippen LogP contribution in [0.3, 0.4) is 0 Å². The summed E-state index contributed by atoms with van der Waals surface area (Å²) in [5, 5.41) is 13.4. The van der Waals surface area contributed by atoms with Gasteiger partial charge < -0.3 is 10.6 Å². The number of hydrogen-bond acceptors (Lipinski definition) is 5. The van der Waals surface area contributed by atoms with E-state index in [9.17, 15) is 14.4 Å². The van der Waals surface area contributed by atoms with Crippen molar-refractivity contribution in [3.8, 4) is 0 Å². The third-order valence-corrected chi connectivity index (χ3v) is 3.39. The Morgan fingerprint density at radius 3 is 2.52 bits per heavy atom. The van der Waals surface area contributed by atoms with E-state index in [-0.39, 0.29) is 18.0 Å². The summed E-state index contributed by atoms with van der Waals surface area (Å²) in [4.78, 5) is 35.6. The van der Waals surface area contributed by atoms with Gasteiger partial charge in [0.25, 0.3) is 5.56 Å². The normalized spacial score (nSPS) is 10.4. The van der Waals surface area contributed by atoms with E-state index in [0.29, 0.717) is 22.3 Å². The Kier molecular flexibility index (Phi) is 4.51. The molecule has 0 spiro atoms. The molecule has 0 radical (unpaired) electrons. The van der Waals surface area contributed by atoms with E-state index >= 15 is 0 Å². The molecule has 0 atom stereocenters. The van der Waals surface area contributed by atoms with Crippen LogP contribution < -0.4 is 16.2 Å². The van der Waals surface area contributed by atoms with Crippen LogP contribution in [0, 0.1) is 0 Å². The number of anilines is 2. The average molecular weight is 337 g/mol. The van der Waals surface area contributed by atoms with Gasteiger partial charge in [-0.25, -0.2) is 4.68 Å². The average Bonchev–Trinajstić information content (AvgIpc) is 2.57. The van der Waals surface area contributed by atoms with Crippen LogP contribution in [0.5, 0.6) is 0 Å². The van der Waals surface area contributed by atoms with Gasteiger partial charge in [-0.05, 0) is 30.3 Å². The molecule has 0 saturated carbocycles. The summed E-state index contributed by atoms with van der Waals surface area (Å²) in [6.07, 6.45) is 0. The van der Waals surface area contributed by atoms with E-state index in [0.717, 1.165) is 4.68 Å². The van der Waals surface area contributed by atoms with E-state index < -0.39 is 5.91 Å². The zero-order valence-corrected chi connectivity index (χ0v) is 13.4. The highest BCUT2D eigenvalue weighted by atomic mass is 16.2. The molecule has 0 aliphatic carbocycles. The van der Waals surface area contributed by atoms with Crippen molar-refractivity contribution in [1.82, 2.24) is 15.0 Å². The first-order valence-corrected chi connectivity index (χ1v) is 7.53. The summed E-state index contributed by atoms with van der Waals surface area (Å²) >= 11 is 0. The molecule has 3 rings (SSSR count). The van der Waals surface area contributed by atoms with Crippen molar-refractivity contribution in [3.05, 3.63) is 58.9 Å². The number of nitrogens with one attached hydrogen (secondary N) is 2. The van der Waals surface area contributed by atoms with Gasteiger partial charge in [0.15, 0.2) is 0 Å². The highest BCUT2D eigenvalue weighted by Gasteiger charge is 2.10. The van der Waals surface area contributed by atoms with Gasteiger partial charge in [0, 0.05) is 18.3 Å². The second-order valence-corrected chi connectivity index (χ2v) is 5.38. The standard InChI is InChI=1S/C17H15N5O3/c1-11(23)18-12-5-4-6-13(9-12)19-16(24)10-22-17(25)14-7-2-3-8-15(14)20-21-22/h2-9H,10H2,1H3,(H,18,23)(H,19,24). The van der Waals surface area contributed by atoms with E-state index in [1.807, 2.05) is 0 Å². The monoisotopic (exact) mass is 337 g/mol. The number of hydrogen-bond donors (Lipinski definition) is 2. The molecule has 25 heavy (non-hydrogen) atoms. The molecule has 8 heteroatoms. The van der Waals surface area contributed by atoms with E-state index in [4.69, 9.17) is 0 Å². The number of aromatic nitrogens is 3. The van der Waals surface area contributed by atoms with Crippen molar-refractivity contribution in [2.75, 3.05) is 10.6 Å². The maximum Gasteiger partial charge on any atom is 0.278 e. The maximum atomic E-state index is 12.3. The number of carbonyl (C=O) groups is 2. The molecule has 0 fully saturated rings. The predicted octanol–water partition coefficient (Wildman–Crippen LogP) is 1.39. The molecule has 2 aromatic carbocycles. The minimum absolute atomic E-state index is 0.207. The lowest BCUT2D eigenvalue weighted by Gasteiger charge is -2.08. The van der Waals surface area contributed by atoms with Crippen LogP contribution in [0.15, 0.2) is 53.3 Å². The molecule has 0 bridgehead atoms. The largest absolute Gasteiger partial charge is 0.326 e. The summed E-state index contributed by atoms with van der Waals surface area (Å²) < 4.78 is 1.01. The number of benzene rings is 2. The zero-order valence-electron chi connectivity index (χ0n) is 13.4. The van der Waals surface area contributed by atoms with Crippen LogP contribution in [0.4, 0.5) is 11.4 Å². The van der Waals surface area contributed by atoms with Crippen LogP contribution in [-0.2, 0) is 16.1 Å². The van der Waals surface area contributed by atoms with Gasteiger partial charge in [-0.2, -0.15) is 0 Å². The molecule has 1 aromatic heterocycles. The van der Waals surface area contributed by atoms with Gasteiger partial charge in [0.2, 0.25) is 11.8 Å². The highest BCUT2D eigenvalue weighted by Crippen LogP contribution is 2.15. The third-order valence-electron chi connectivity index (χ3n) is 3.39. The second-order valence-electron chi connectivity index (χ2n) is 5.38. The fraction of sp³-hybridized carbons (Fsp3) is 0.118. The smallest absolute Gasteiger partial charge is 0.278 e. The molecule has 0 saturated heterocycles. The van der Waals surface area contributed by atoms with Crippen LogP contribution in [0.25, 0.3) is 10.9 Å². The first-order chi connectivity index (χ1) is 12.0. The van der Waals surface area contributed by atoms with Gasteiger partial charge >= 0.3 is 0 Å². The minimum atomic E-state index is -0.424. The number of nitrogens with zero attached hydrogens (tertiary/aromatic N) is 3. The number of carbonyl (C=O) groups excluding carboxylic acids is 2. The summed E-state index contributed by atoms with van der Waals surface area (Å²) in [6, 6.07) is 13.5. The molecular weight excluding hydrogens is 322 g/mol. The van der Waals surface area contributed by atoms with Gasteiger partial charge in [-0.1, -0.05) is 23.4 Å². The van der Waals surface area contributed by atoms with Crippen molar-refractivity contribution in [2.45, 2.75) is 13.5 Å².